The van der Waals surface area contributed by atoms with Crippen LogP contribution < -0.4 is 5.32 Å². The molecule has 1 saturated heterocycles. The predicted octanol–water partition coefficient (Wildman–Crippen LogP) is 0.394. The molecular formula is C17H22FN5O4S. The number of rotatable bonds is 6. The zero-order valence-corrected chi connectivity index (χ0v) is 16.3. The summed E-state index contributed by atoms with van der Waals surface area (Å²) in [6, 6.07) is 4.84. The summed E-state index contributed by atoms with van der Waals surface area (Å²) in [4.78, 5) is 17.7. The minimum atomic E-state index is -3.67. The van der Waals surface area contributed by atoms with Gasteiger partial charge in [0.15, 0.2) is 5.82 Å². The zero-order chi connectivity index (χ0) is 20.1. The number of benzene rings is 1. The SMILES string of the molecule is CNC(=O)Cc1noc(CN2CCCN(S(=O)(=O)c3ccc(F)cc3)CC2)n1. The number of sulfonamides is 1. The highest BCUT2D eigenvalue weighted by atomic mass is 32.2. The Balaban J connectivity index is 1.60. The molecule has 28 heavy (non-hydrogen) atoms. The van der Waals surface area contributed by atoms with E-state index in [9.17, 15) is 17.6 Å². The first kappa shape index (κ1) is 20.4. The van der Waals surface area contributed by atoms with E-state index in [1.165, 1.54) is 23.5 Å². The number of nitrogens with one attached hydrogen (secondary N) is 1. The molecule has 0 unspecified atom stereocenters. The van der Waals surface area contributed by atoms with Gasteiger partial charge in [0, 0.05) is 26.7 Å². The van der Waals surface area contributed by atoms with Crippen molar-refractivity contribution in [3.05, 3.63) is 41.8 Å². The molecule has 0 bridgehead atoms. The van der Waals surface area contributed by atoms with E-state index in [-0.39, 0.29) is 17.2 Å². The van der Waals surface area contributed by atoms with Crippen molar-refractivity contribution in [2.75, 3.05) is 33.2 Å². The third kappa shape index (κ3) is 4.91. The van der Waals surface area contributed by atoms with Crippen LogP contribution in [0.25, 0.3) is 0 Å². The largest absolute Gasteiger partial charge is 0.359 e. The normalized spacial score (nSPS) is 16.6. The van der Waals surface area contributed by atoms with Crippen LogP contribution in [0, 0.1) is 5.82 Å². The van der Waals surface area contributed by atoms with E-state index in [2.05, 4.69) is 15.5 Å². The molecule has 0 saturated carbocycles. The summed E-state index contributed by atoms with van der Waals surface area (Å²) in [6.07, 6.45) is 0.684. The molecular weight excluding hydrogens is 389 g/mol. The monoisotopic (exact) mass is 411 g/mol. The predicted molar refractivity (Wildman–Crippen MR) is 97.1 cm³/mol. The molecule has 1 aliphatic rings. The molecule has 1 aromatic heterocycles. The molecule has 3 rings (SSSR count). The van der Waals surface area contributed by atoms with Crippen LogP contribution >= 0.6 is 0 Å². The third-order valence-electron chi connectivity index (χ3n) is 4.47. The molecule has 1 N–H and O–H groups in total. The van der Waals surface area contributed by atoms with Gasteiger partial charge in [-0.15, -0.1) is 0 Å². The average Bonchev–Trinajstić information content (AvgIpc) is 2.96. The molecule has 0 atom stereocenters. The lowest BCUT2D eigenvalue weighted by Gasteiger charge is -2.20. The fourth-order valence-electron chi connectivity index (χ4n) is 2.95. The van der Waals surface area contributed by atoms with Crippen molar-refractivity contribution >= 4 is 15.9 Å². The number of hydrogen-bond acceptors (Lipinski definition) is 7. The number of hydrogen-bond donors (Lipinski definition) is 1. The molecule has 1 aromatic carbocycles. The van der Waals surface area contributed by atoms with Crippen molar-refractivity contribution in [3.63, 3.8) is 0 Å². The van der Waals surface area contributed by atoms with Gasteiger partial charge in [0.25, 0.3) is 0 Å². The van der Waals surface area contributed by atoms with Crippen LogP contribution in [-0.2, 0) is 27.8 Å². The molecule has 152 valence electrons. The molecule has 2 aromatic rings. The first-order valence-corrected chi connectivity index (χ1v) is 10.3. The summed E-state index contributed by atoms with van der Waals surface area (Å²) in [7, 11) is -2.13. The van der Waals surface area contributed by atoms with E-state index >= 15 is 0 Å². The minimum Gasteiger partial charge on any atom is -0.359 e. The van der Waals surface area contributed by atoms with Crippen LogP contribution in [0.4, 0.5) is 4.39 Å². The van der Waals surface area contributed by atoms with E-state index in [1.807, 2.05) is 4.90 Å². The lowest BCUT2D eigenvalue weighted by molar-refractivity contribution is -0.120. The number of aromatic nitrogens is 2. The van der Waals surface area contributed by atoms with Gasteiger partial charge in [0.05, 0.1) is 17.9 Å². The summed E-state index contributed by atoms with van der Waals surface area (Å²) in [5, 5.41) is 6.28. The smallest absolute Gasteiger partial charge is 0.243 e. The van der Waals surface area contributed by atoms with Crippen LogP contribution in [0.3, 0.4) is 0 Å². The number of likely N-dealkylation sites (N-methyl/N-ethyl adjacent to an activating group) is 1. The Morgan fingerprint density at radius 2 is 1.96 bits per heavy atom. The van der Waals surface area contributed by atoms with E-state index in [4.69, 9.17) is 4.52 Å². The van der Waals surface area contributed by atoms with Gasteiger partial charge in [0.1, 0.15) is 5.82 Å². The van der Waals surface area contributed by atoms with E-state index in [0.717, 1.165) is 12.1 Å². The zero-order valence-electron chi connectivity index (χ0n) is 15.5. The minimum absolute atomic E-state index is 0.0453. The Kier molecular flexibility index (Phi) is 6.37. The topological polar surface area (TPSA) is 109 Å². The van der Waals surface area contributed by atoms with Crippen molar-refractivity contribution in [2.45, 2.75) is 24.3 Å². The Morgan fingerprint density at radius 3 is 2.68 bits per heavy atom. The van der Waals surface area contributed by atoms with E-state index < -0.39 is 15.8 Å². The lowest BCUT2D eigenvalue weighted by atomic mass is 10.4. The molecule has 0 aliphatic carbocycles. The number of carbonyl (C=O) groups is 1. The maximum absolute atomic E-state index is 13.1. The van der Waals surface area contributed by atoms with Crippen LogP contribution in [0.5, 0.6) is 0 Å². The second kappa shape index (κ2) is 8.76. The first-order chi connectivity index (χ1) is 13.4. The highest BCUT2D eigenvalue weighted by molar-refractivity contribution is 7.89. The van der Waals surface area contributed by atoms with Gasteiger partial charge in [-0.05, 0) is 37.2 Å². The molecule has 0 radical (unpaired) electrons. The molecule has 1 aliphatic heterocycles. The van der Waals surface area contributed by atoms with Crippen molar-refractivity contribution in [1.82, 2.24) is 24.7 Å². The van der Waals surface area contributed by atoms with Crippen LogP contribution in [0.2, 0.25) is 0 Å². The number of halogens is 1. The van der Waals surface area contributed by atoms with Crippen LogP contribution in [-0.4, -0.2) is 66.9 Å². The van der Waals surface area contributed by atoms with Gasteiger partial charge >= 0.3 is 0 Å². The molecule has 9 nitrogen and oxygen atoms in total. The molecule has 0 spiro atoms. The highest BCUT2D eigenvalue weighted by Crippen LogP contribution is 2.18. The van der Waals surface area contributed by atoms with Crippen molar-refractivity contribution in [3.8, 4) is 0 Å². The van der Waals surface area contributed by atoms with Crippen LogP contribution in [0.1, 0.15) is 18.1 Å². The summed E-state index contributed by atoms with van der Waals surface area (Å²) in [5.74, 6) is 0.0125. The van der Waals surface area contributed by atoms with Crippen molar-refractivity contribution in [2.24, 2.45) is 0 Å². The number of nitrogens with zero attached hydrogens (tertiary/aromatic N) is 4. The third-order valence-corrected chi connectivity index (χ3v) is 6.38. The Morgan fingerprint density at radius 1 is 1.21 bits per heavy atom. The summed E-state index contributed by atoms with van der Waals surface area (Å²) >= 11 is 0. The Labute approximate surface area is 162 Å². The molecule has 11 heteroatoms. The lowest BCUT2D eigenvalue weighted by Crippen LogP contribution is -2.35. The maximum Gasteiger partial charge on any atom is 0.243 e. The van der Waals surface area contributed by atoms with Gasteiger partial charge in [-0.2, -0.15) is 9.29 Å². The van der Waals surface area contributed by atoms with E-state index in [1.54, 1.807) is 0 Å². The second-order valence-electron chi connectivity index (χ2n) is 6.44. The molecule has 1 fully saturated rings. The van der Waals surface area contributed by atoms with Gasteiger partial charge in [-0.25, -0.2) is 12.8 Å². The Hall–Kier alpha value is -2.37. The number of carbonyl (C=O) groups excluding carboxylic acids is 1. The van der Waals surface area contributed by atoms with Gasteiger partial charge < -0.3 is 9.84 Å². The van der Waals surface area contributed by atoms with Crippen LogP contribution in [0.15, 0.2) is 33.7 Å². The van der Waals surface area contributed by atoms with Gasteiger partial charge in [0.2, 0.25) is 21.8 Å². The van der Waals surface area contributed by atoms with E-state index in [0.29, 0.717) is 50.9 Å². The standard InChI is InChI=1S/C17H22FN5O4S/c1-19-16(24)11-15-20-17(27-21-15)12-22-7-2-8-23(10-9-22)28(25,26)14-5-3-13(18)4-6-14/h3-6H,2,7-12H2,1H3,(H,19,24). The number of amides is 1. The first-order valence-electron chi connectivity index (χ1n) is 8.88. The maximum atomic E-state index is 13.1. The fourth-order valence-corrected chi connectivity index (χ4v) is 4.42. The highest BCUT2D eigenvalue weighted by Gasteiger charge is 2.27. The molecule has 2 heterocycles. The fraction of sp³-hybridized carbons (Fsp3) is 0.471. The Bertz CT molecular complexity index is 916. The second-order valence-corrected chi connectivity index (χ2v) is 8.38. The quantitative estimate of drug-likeness (QED) is 0.733. The summed E-state index contributed by atoms with van der Waals surface area (Å²) in [5.41, 5.74) is 0. The average molecular weight is 411 g/mol. The van der Waals surface area contributed by atoms with Crippen molar-refractivity contribution < 1.29 is 22.1 Å². The summed E-state index contributed by atoms with van der Waals surface area (Å²) < 4.78 is 45.2. The van der Waals surface area contributed by atoms with Gasteiger partial charge in [-0.1, -0.05) is 5.16 Å². The molecule has 1 amide bonds. The van der Waals surface area contributed by atoms with Gasteiger partial charge in [-0.3, -0.25) is 9.69 Å². The summed E-state index contributed by atoms with van der Waals surface area (Å²) in [6.45, 7) is 2.22. The van der Waals surface area contributed by atoms with Crippen molar-refractivity contribution in [1.29, 1.82) is 0 Å².